The molecule has 0 saturated heterocycles. The summed E-state index contributed by atoms with van der Waals surface area (Å²) in [5.74, 6) is 0.173. The number of aromatic hydroxyl groups is 1. The number of allylic oxidation sites excluding steroid dienone is 5. The Labute approximate surface area is 161 Å². The van der Waals surface area contributed by atoms with Gasteiger partial charge >= 0.3 is 0 Å². The van der Waals surface area contributed by atoms with E-state index in [0.717, 1.165) is 64.7 Å². The second-order valence-corrected chi connectivity index (χ2v) is 7.52. The van der Waals surface area contributed by atoms with Gasteiger partial charge in [-0.15, -0.1) is 0 Å². The van der Waals surface area contributed by atoms with E-state index in [4.69, 9.17) is 4.99 Å². The van der Waals surface area contributed by atoms with Crippen molar-refractivity contribution >= 4 is 17.2 Å². The number of hydrogen-bond acceptors (Lipinski definition) is 3. The molecule has 1 N–H and O–H groups in total. The summed E-state index contributed by atoms with van der Waals surface area (Å²) in [6.07, 6.45) is 11.6. The number of rotatable bonds is 1. The van der Waals surface area contributed by atoms with Gasteiger partial charge in [0.25, 0.3) is 5.56 Å². The lowest BCUT2D eigenvalue weighted by Crippen LogP contribution is -2.26. The second kappa shape index (κ2) is 5.55. The van der Waals surface area contributed by atoms with Crippen molar-refractivity contribution in [3.63, 3.8) is 0 Å². The molecule has 0 radical (unpaired) electrons. The first kappa shape index (κ1) is 15.6. The van der Waals surface area contributed by atoms with E-state index in [1.54, 1.807) is 4.40 Å². The van der Waals surface area contributed by atoms with Crippen molar-refractivity contribution in [1.82, 2.24) is 4.40 Å². The van der Waals surface area contributed by atoms with Crippen LogP contribution in [0.15, 0.2) is 64.0 Å². The molecule has 2 aliphatic carbocycles. The molecule has 0 amide bonds. The minimum Gasteiger partial charge on any atom is -0.505 e. The summed E-state index contributed by atoms with van der Waals surface area (Å²) in [6.45, 7) is 0. The first-order valence-corrected chi connectivity index (χ1v) is 9.72. The highest BCUT2D eigenvalue weighted by Crippen LogP contribution is 2.39. The summed E-state index contributed by atoms with van der Waals surface area (Å²) in [6, 6.07) is 9.81. The van der Waals surface area contributed by atoms with Crippen molar-refractivity contribution in [2.45, 2.75) is 25.7 Å². The third kappa shape index (κ3) is 1.89. The quantitative estimate of drug-likeness (QED) is 0.707. The first-order valence-electron chi connectivity index (χ1n) is 9.72. The number of aryl methyl sites for hydroxylation is 1. The Balaban J connectivity index is 1.86. The van der Waals surface area contributed by atoms with E-state index in [-0.39, 0.29) is 11.3 Å². The summed E-state index contributed by atoms with van der Waals surface area (Å²) in [5, 5.41) is 11.7. The summed E-state index contributed by atoms with van der Waals surface area (Å²) in [7, 11) is 0. The molecule has 0 saturated carbocycles. The molecule has 6 rings (SSSR count). The largest absolute Gasteiger partial charge is 0.505 e. The van der Waals surface area contributed by atoms with Crippen molar-refractivity contribution in [2.75, 3.05) is 0 Å². The topological polar surface area (TPSA) is 54.1 Å². The summed E-state index contributed by atoms with van der Waals surface area (Å²) >= 11 is 0. The molecule has 3 aromatic rings. The zero-order valence-corrected chi connectivity index (χ0v) is 15.3. The molecule has 0 atom stereocenters. The van der Waals surface area contributed by atoms with Crippen LogP contribution in [0.2, 0.25) is 0 Å². The van der Waals surface area contributed by atoms with Crippen LogP contribution in [-0.4, -0.2) is 9.51 Å². The number of fused-ring (bicyclic) bond motifs is 6. The van der Waals surface area contributed by atoms with Gasteiger partial charge in [0.15, 0.2) is 5.75 Å². The van der Waals surface area contributed by atoms with Crippen LogP contribution in [0.5, 0.6) is 5.75 Å². The van der Waals surface area contributed by atoms with Gasteiger partial charge in [-0.25, -0.2) is 4.99 Å². The highest BCUT2D eigenvalue weighted by molar-refractivity contribution is 5.92. The lowest BCUT2D eigenvalue weighted by atomic mass is 9.92. The highest BCUT2D eigenvalue weighted by atomic mass is 16.3. The van der Waals surface area contributed by atoms with Crippen LogP contribution in [0, 0.1) is 0 Å². The van der Waals surface area contributed by atoms with Crippen molar-refractivity contribution < 1.29 is 5.11 Å². The number of nitrogens with zero attached hydrogens (tertiary/aromatic N) is 2. The average molecular weight is 366 g/mol. The molecule has 0 unspecified atom stereocenters. The minimum absolute atomic E-state index is 0.0743. The minimum atomic E-state index is -0.0743. The fraction of sp³-hybridized carbons (Fsp3) is 0.167. The van der Waals surface area contributed by atoms with E-state index in [2.05, 4.69) is 12.2 Å². The predicted octanol–water partition coefficient (Wildman–Crippen LogP) is 4.04. The van der Waals surface area contributed by atoms with Crippen LogP contribution in [0.3, 0.4) is 0 Å². The van der Waals surface area contributed by atoms with E-state index < -0.39 is 0 Å². The molecule has 136 valence electrons. The first-order chi connectivity index (χ1) is 13.8. The predicted molar refractivity (Wildman–Crippen MR) is 110 cm³/mol. The molecule has 28 heavy (non-hydrogen) atoms. The molecule has 3 aliphatic rings. The van der Waals surface area contributed by atoms with Crippen LogP contribution < -0.4 is 10.9 Å². The Morgan fingerprint density at radius 1 is 0.964 bits per heavy atom. The molecule has 0 bridgehead atoms. The lowest BCUT2D eigenvalue weighted by Gasteiger charge is -2.13. The third-order valence-corrected chi connectivity index (χ3v) is 5.97. The second-order valence-electron chi connectivity index (χ2n) is 7.52. The van der Waals surface area contributed by atoms with Gasteiger partial charge in [0.2, 0.25) is 0 Å². The van der Waals surface area contributed by atoms with Gasteiger partial charge in [-0.3, -0.25) is 9.20 Å². The van der Waals surface area contributed by atoms with Crippen LogP contribution in [0.25, 0.3) is 28.3 Å². The molecule has 0 fully saturated rings. The summed E-state index contributed by atoms with van der Waals surface area (Å²) in [5.41, 5.74) is 6.59. The maximum Gasteiger partial charge on any atom is 0.264 e. The smallest absolute Gasteiger partial charge is 0.264 e. The van der Waals surface area contributed by atoms with Gasteiger partial charge in [-0.2, -0.15) is 0 Å². The van der Waals surface area contributed by atoms with E-state index in [1.165, 1.54) is 0 Å². The van der Waals surface area contributed by atoms with Gasteiger partial charge in [0.1, 0.15) is 5.52 Å². The number of benzene rings is 1. The van der Waals surface area contributed by atoms with Crippen molar-refractivity contribution in [1.29, 1.82) is 0 Å². The summed E-state index contributed by atoms with van der Waals surface area (Å²) < 4.78 is 1.71. The Bertz CT molecular complexity index is 1370. The van der Waals surface area contributed by atoms with Gasteiger partial charge in [-0.05, 0) is 31.2 Å². The Morgan fingerprint density at radius 3 is 2.61 bits per heavy atom. The van der Waals surface area contributed by atoms with Gasteiger partial charge in [-0.1, -0.05) is 54.6 Å². The molecule has 3 heterocycles. The van der Waals surface area contributed by atoms with Crippen LogP contribution >= 0.6 is 0 Å². The fourth-order valence-electron chi connectivity index (χ4n) is 4.74. The Morgan fingerprint density at radius 2 is 1.75 bits per heavy atom. The lowest BCUT2D eigenvalue weighted by molar-refractivity contribution is 0.480. The average Bonchev–Trinajstić information content (AvgIpc) is 3.26. The molecule has 1 aliphatic heterocycles. The maximum absolute atomic E-state index is 13.8. The van der Waals surface area contributed by atoms with Crippen molar-refractivity contribution in [3.8, 4) is 16.9 Å². The molecule has 1 aromatic carbocycles. The molecular weight excluding hydrogens is 348 g/mol. The van der Waals surface area contributed by atoms with Crippen LogP contribution in [0.4, 0.5) is 0 Å². The number of aromatic nitrogens is 1. The molecule has 4 nitrogen and oxygen atoms in total. The van der Waals surface area contributed by atoms with Crippen molar-refractivity contribution in [3.05, 3.63) is 86.8 Å². The highest BCUT2D eigenvalue weighted by Gasteiger charge is 2.30. The van der Waals surface area contributed by atoms with Gasteiger partial charge in [0, 0.05) is 28.1 Å². The van der Waals surface area contributed by atoms with E-state index in [9.17, 15) is 9.90 Å². The van der Waals surface area contributed by atoms with E-state index in [0.29, 0.717) is 11.1 Å². The molecular formula is C24H18N2O2. The zero-order chi connectivity index (χ0) is 18.8. The third-order valence-electron chi connectivity index (χ3n) is 5.97. The standard InChI is InChI=1S/C24H18N2O2/c27-23-16-11-5-7-13-18(16)26-22(23)21-20(15-10-4-6-12-17(15)25-21)19(24(26)28)14-8-2-1-3-9-14/h1-5,8-11,27H,6-7,12-13H2. The normalized spacial score (nSPS) is 16.9. The number of hydrogen-bond donors (Lipinski definition) is 1. The van der Waals surface area contributed by atoms with Crippen molar-refractivity contribution in [2.24, 2.45) is 4.99 Å². The molecule has 2 aromatic heterocycles. The SMILES string of the molecule is O=c1c(-c2ccccc2)c2c(c3c(O)c4c(n13)CCC=C4)=NC1=C2C=CCC1. The van der Waals surface area contributed by atoms with E-state index >= 15 is 0 Å². The maximum atomic E-state index is 13.8. The van der Waals surface area contributed by atoms with Crippen LogP contribution in [-0.2, 0) is 6.42 Å². The monoisotopic (exact) mass is 366 g/mol. The zero-order valence-electron chi connectivity index (χ0n) is 15.3. The Kier molecular flexibility index (Phi) is 3.10. The molecule has 0 spiro atoms. The van der Waals surface area contributed by atoms with Gasteiger partial charge < -0.3 is 5.11 Å². The summed E-state index contributed by atoms with van der Waals surface area (Å²) in [4.78, 5) is 18.7. The van der Waals surface area contributed by atoms with Gasteiger partial charge in [0.05, 0.1) is 10.9 Å². The number of pyridine rings is 1. The fourth-order valence-corrected chi connectivity index (χ4v) is 4.74. The van der Waals surface area contributed by atoms with E-state index in [1.807, 2.05) is 42.5 Å². The molecule has 4 heteroatoms. The van der Waals surface area contributed by atoms with Crippen LogP contribution in [0.1, 0.15) is 36.1 Å². The Hall–Kier alpha value is -3.40.